The molecule has 4 heteroatoms. The molecular formula is C19H22O3S. The first-order valence-corrected chi connectivity index (χ1v) is 8.86. The first kappa shape index (κ1) is 16.5. The number of aliphatic hydroxyl groups excluding tert-OH is 1. The molecule has 2 aromatic carbocycles. The third-order valence-electron chi connectivity index (χ3n) is 3.88. The Balaban J connectivity index is 1.47. The third kappa shape index (κ3) is 5.08. The molecule has 3 rings (SSSR count). The molecule has 23 heavy (non-hydrogen) atoms. The minimum Gasteiger partial charge on any atom is -0.382 e. The summed E-state index contributed by atoms with van der Waals surface area (Å²) in [4.78, 5) is 0. The predicted octanol–water partition coefficient (Wildman–Crippen LogP) is 3.61. The van der Waals surface area contributed by atoms with Crippen LogP contribution < -0.4 is 0 Å². The Hall–Kier alpha value is -1.33. The topological polar surface area (TPSA) is 38.7 Å². The van der Waals surface area contributed by atoms with Crippen LogP contribution in [0.1, 0.15) is 17.5 Å². The molecule has 0 amide bonds. The van der Waals surface area contributed by atoms with E-state index in [-0.39, 0.29) is 16.8 Å². The molecule has 1 saturated heterocycles. The van der Waals surface area contributed by atoms with Gasteiger partial charge < -0.3 is 14.6 Å². The highest BCUT2D eigenvalue weighted by molar-refractivity contribution is 8.00. The summed E-state index contributed by atoms with van der Waals surface area (Å²) in [6, 6.07) is 20.3. The second-order valence-electron chi connectivity index (χ2n) is 5.70. The number of ether oxygens (including phenoxy) is 2. The van der Waals surface area contributed by atoms with Gasteiger partial charge in [0.25, 0.3) is 0 Å². The van der Waals surface area contributed by atoms with Gasteiger partial charge in [0.05, 0.1) is 31.2 Å². The van der Waals surface area contributed by atoms with Crippen molar-refractivity contribution in [3.63, 3.8) is 0 Å². The lowest BCUT2D eigenvalue weighted by atomic mass is 10.2. The van der Waals surface area contributed by atoms with E-state index in [1.54, 1.807) is 11.8 Å². The number of benzene rings is 2. The summed E-state index contributed by atoms with van der Waals surface area (Å²) >= 11 is 1.55. The Labute approximate surface area is 141 Å². The lowest BCUT2D eigenvalue weighted by Gasteiger charge is -2.19. The molecule has 0 spiro atoms. The Morgan fingerprint density at radius 2 is 1.52 bits per heavy atom. The number of rotatable bonds is 7. The fourth-order valence-electron chi connectivity index (χ4n) is 2.66. The van der Waals surface area contributed by atoms with Crippen molar-refractivity contribution in [2.45, 2.75) is 36.4 Å². The first-order chi connectivity index (χ1) is 11.3. The van der Waals surface area contributed by atoms with Crippen molar-refractivity contribution in [2.75, 3.05) is 6.61 Å². The van der Waals surface area contributed by atoms with Crippen LogP contribution in [0, 0.1) is 0 Å². The molecule has 2 aromatic rings. The van der Waals surface area contributed by atoms with E-state index in [0.29, 0.717) is 26.2 Å². The minimum absolute atomic E-state index is 0.0333. The summed E-state index contributed by atoms with van der Waals surface area (Å²) in [5.41, 5.74) is 1.96. The summed E-state index contributed by atoms with van der Waals surface area (Å²) < 4.78 is 11.8. The van der Waals surface area contributed by atoms with Crippen molar-refractivity contribution in [1.29, 1.82) is 0 Å². The molecule has 3 unspecified atom stereocenters. The van der Waals surface area contributed by atoms with Crippen molar-refractivity contribution in [2.24, 2.45) is 0 Å². The molecule has 122 valence electrons. The lowest BCUT2D eigenvalue weighted by molar-refractivity contribution is 0.00749. The molecule has 3 nitrogen and oxygen atoms in total. The van der Waals surface area contributed by atoms with Gasteiger partial charge in [0.1, 0.15) is 5.44 Å². The van der Waals surface area contributed by atoms with Crippen LogP contribution in [-0.4, -0.2) is 28.5 Å². The van der Waals surface area contributed by atoms with Crippen LogP contribution in [0.3, 0.4) is 0 Å². The highest BCUT2D eigenvalue weighted by atomic mass is 32.2. The van der Waals surface area contributed by atoms with E-state index < -0.39 is 0 Å². The fraction of sp³-hybridized carbons (Fsp3) is 0.368. The van der Waals surface area contributed by atoms with Gasteiger partial charge in [-0.05, 0) is 11.1 Å². The van der Waals surface area contributed by atoms with E-state index in [4.69, 9.17) is 9.47 Å². The Kier molecular flexibility index (Phi) is 6.11. The largest absolute Gasteiger partial charge is 0.382 e. The fourth-order valence-corrected chi connectivity index (χ4v) is 3.91. The van der Waals surface area contributed by atoms with Crippen molar-refractivity contribution in [3.8, 4) is 0 Å². The van der Waals surface area contributed by atoms with Gasteiger partial charge in [-0.1, -0.05) is 60.7 Å². The normalized spacial score (nSPS) is 24.0. The number of hydrogen-bond donors (Lipinski definition) is 1. The van der Waals surface area contributed by atoms with Gasteiger partial charge in [-0.25, -0.2) is 0 Å². The van der Waals surface area contributed by atoms with E-state index in [2.05, 4.69) is 24.3 Å². The second-order valence-corrected chi connectivity index (χ2v) is 7.12. The molecule has 0 bridgehead atoms. The zero-order chi connectivity index (χ0) is 15.9. The first-order valence-electron chi connectivity index (χ1n) is 7.92. The smallest absolute Gasteiger partial charge is 0.102 e. The van der Waals surface area contributed by atoms with Crippen LogP contribution in [0.15, 0.2) is 60.7 Å². The van der Waals surface area contributed by atoms with Gasteiger partial charge in [0.15, 0.2) is 0 Å². The van der Waals surface area contributed by atoms with Crippen molar-refractivity contribution in [3.05, 3.63) is 71.8 Å². The molecule has 0 aliphatic carbocycles. The standard InChI is InChI=1S/C19H22O3S/c20-19-11-17(22-13-16-9-5-2-6-10-16)18(23-19)14-21-12-15-7-3-1-4-8-15/h1-10,17-20H,11-14H2. The maximum Gasteiger partial charge on any atom is 0.102 e. The van der Waals surface area contributed by atoms with E-state index in [0.717, 1.165) is 11.1 Å². The highest BCUT2D eigenvalue weighted by Crippen LogP contribution is 2.35. The molecule has 1 aliphatic heterocycles. The zero-order valence-corrected chi connectivity index (χ0v) is 13.8. The lowest BCUT2D eigenvalue weighted by Crippen LogP contribution is -2.26. The van der Waals surface area contributed by atoms with Crippen molar-refractivity contribution < 1.29 is 14.6 Å². The maximum absolute atomic E-state index is 9.91. The van der Waals surface area contributed by atoms with Crippen LogP contribution in [0.2, 0.25) is 0 Å². The molecule has 1 fully saturated rings. The van der Waals surface area contributed by atoms with Gasteiger partial charge in [-0.3, -0.25) is 0 Å². The number of aliphatic hydroxyl groups is 1. The average molecular weight is 330 g/mol. The molecule has 0 radical (unpaired) electrons. The van der Waals surface area contributed by atoms with Crippen molar-refractivity contribution in [1.82, 2.24) is 0 Å². The summed E-state index contributed by atoms with van der Waals surface area (Å²) in [5.74, 6) is 0. The molecule has 0 aromatic heterocycles. The van der Waals surface area contributed by atoms with E-state index in [9.17, 15) is 5.11 Å². The second kappa shape index (κ2) is 8.50. The average Bonchev–Trinajstić information content (AvgIpc) is 2.95. The molecular weight excluding hydrogens is 308 g/mol. The molecule has 1 heterocycles. The molecule has 1 N–H and O–H groups in total. The van der Waals surface area contributed by atoms with E-state index >= 15 is 0 Å². The molecule has 3 atom stereocenters. The molecule has 0 saturated carbocycles. The number of thioether (sulfide) groups is 1. The van der Waals surface area contributed by atoms with Crippen LogP contribution in [-0.2, 0) is 22.7 Å². The van der Waals surface area contributed by atoms with E-state index in [1.807, 2.05) is 36.4 Å². The third-order valence-corrected chi connectivity index (χ3v) is 5.18. The number of hydrogen-bond acceptors (Lipinski definition) is 4. The SMILES string of the molecule is OC1CC(OCc2ccccc2)C(COCc2ccccc2)S1. The minimum atomic E-state index is -0.360. The van der Waals surface area contributed by atoms with Crippen LogP contribution >= 0.6 is 11.8 Å². The highest BCUT2D eigenvalue weighted by Gasteiger charge is 2.34. The maximum atomic E-state index is 9.91. The van der Waals surface area contributed by atoms with Gasteiger partial charge in [-0.15, -0.1) is 11.8 Å². The van der Waals surface area contributed by atoms with Crippen molar-refractivity contribution >= 4 is 11.8 Å². The monoisotopic (exact) mass is 330 g/mol. The molecule has 1 aliphatic rings. The summed E-state index contributed by atoms with van der Waals surface area (Å²) in [7, 11) is 0. The summed E-state index contributed by atoms with van der Waals surface area (Å²) in [6.45, 7) is 1.77. The van der Waals surface area contributed by atoms with Gasteiger partial charge in [0, 0.05) is 6.42 Å². The van der Waals surface area contributed by atoms with Gasteiger partial charge in [-0.2, -0.15) is 0 Å². The Morgan fingerprint density at radius 3 is 2.17 bits per heavy atom. The Morgan fingerprint density at radius 1 is 0.913 bits per heavy atom. The summed E-state index contributed by atoms with van der Waals surface area (Å²) in [5, 5.41) is 10.1. The van der Waals surface area contributed by atoms with Crippen LogP contribution in [0.25, 0.3) is 0 Å². The Bertz CT molecular complexity index is 576. The van der Waals surface area contributed by atoms with Gasteiger partial charge in [0.2, 0.25) is 0 Å². The summed E-state index contributed by atoms with van der Waals surface area (Å²) in [6.07, 6.45) is 0.697. The predicted molar refractivity (Wildman–Crippen MR) is 93.1 cm³/mol. The van der Waals surface area contributed by atoms with Crippen LogP contribution in [0.5, 0.6) is 0 Å². The quantitative estimate of drug-likeness (QED) is 0.842. The zero-order valence-electron chi connectivity index (χ0n) is 13.0. The van der Waals surface area contributed by atoms with Gasteiger partial charge >= 0.3 is 0 Å². The van der Waals surface area contributed by atoms with Crippen LogP contribution in [0.4, 0.5) is 0 Å². The van der Waals surface area contributed by atoms with E-state index in [1.165, 1.54) is 0 Å².